The quantitative estimate of drug-likeness (QED) is 0.0319. The molecular formula is C46H55ClN10O8S. The molecule has 1 aromatic heterocycles. The second-order valence-electron chi connectivity index (χ2n) is 16.4. The maximum absolute atomic E-state index is 14.4. The first kappa shape index (κ1) is 48.7. The number of aliphatic imine (C=N–C) groups is 1. The van der Waals surface area contributed by atoms with Crippen molar-refractivity contribution in [1.82, 2.24) is 30.6 Å². The van der Waals surface area contributed by atoms with Crippen molar-refractivity contribution in [2.45, 2.75) is 80.6 Å². The Labute approximate surface area is 387 Å². The highest BCUT2D eigenvalue weighted by Gasteiger charge is 2.39. The van der Waals surface area contributed by atoms with Gasteiger partial charge in [0.05, 0.1) is 4.90 Å². The van der Waals surface area contributed by atoms with Gasteiger partial charge in [-0.3, -0.25) is 24.2 Å². The number of nitrogens with one attached hydrogen (secondary N) is 5. The third kappa shape index (κ3) is 11.9. The van der Waals surface area contributed by atoms with Gasteiger partial charge in [-0.1, -0.05) is 66.2 Å². The minimum atomic E-state index is -4.39. The van der Waals surface area contributed by atoms with Crippen LogP contribution in [0.25, 0.3) is 21.7 Å². The Balaban J connectivity index is 1.19. The molecule has 0 saturated carbocycles. The van der Waals surface area contributed by atoms with Gasteiger partial charge in [0, 0.05) is 72.2 Å². The Bertz CT molecular complexity index is 2720. The second kappa shape index (κ2) is 21.5. The van der Waals surface area contributed by atoms with Gasteiger partial charge in [-0.25, -0.2) is 13.2 Å². The van der Waals surface area contributed by atoms with Gasteiger partial charge in [-0.2, -0.15) is 4.72 Å². The van der Waals surface area contributed by atoms with Gasteiger partial charge in [-0.05, 0) is 80.5 Å². The molecule has 1 aliphatic heterocycles. The minimum absolute atomic E-state index is 0.00269. The highest BCUT2D eigenvalue weighted by Crippen LogP contribution is 2.30. The van der Waals surface area contributed by atoms with E-state index in [9.17, 15) is 37.5 Å². The fourth-order valence-corrected chi connectivity index (χ4v) is 9.69. The first-order valence-corrected chi connectivity index (χ1v) is 23.3. The van der Waals surface area contributed by atoms with Crippen LogP contribution in [0.1, 0.15) is 43.7 Å². The summed E-state index contributed by atoms with van der Waals surface area (Å²) in [4.78, 5) is 78.6. The van der Waals surface area contributed by atoms with E-state index >= 15 is 0 Å². The number of para-hydroxylation sites is 1. The van der Waals surface area contributed by atoms with Gasteiger partial charge in [0.1, 0.15) is 30.2 Å². The van der Waals surface area contributed by atoms with E-state index in [4.69, 9.17) is 23.1 Å². The Hall–Kier alpha value is -6.70. The standard InChI is InChI=1S/C46H55ClN10O8S/c1-27(44(61)57-23-9-16-39(57)43(60)54-37(45(62)63)25-29-26-51-34-13-5-4-10-31(29)34)52-41(58)35(14-8-22-50-46(48)49)53-42(59)36(24-28-18-20-30(47)21-19-28)55-66(64,65)40-17-7-11-32-33(40)12-6-15-38(32)56(2)3/h4-7,10-13,15,17-21,26-27,35-37,39,51,55H,8-9,14,16,22-25H2,1-3H3,(H,52,58)(H,53,59)(H,54,60)(H,62,63)(H4,48,49,50)/t27-,35-,36+,37-,39-/m0/s1. The molecule has 0 aliphatic carbocycles. The van der Waals surface area contributed by atoms with E-state index < -0.39 is 69.8 Å². The fourth-order valence-electron chi connectivity index (χ4n) is 8.14. The summed E-state index contributed by atoms with van der Waals surface area (Å²) in [5.74, 6) is -4.27. The topological polar surface area (TPSA) is 275 Å². The summed E-state index contributed by atoms with van der Waals surface area (Å²) in [7, 11) is -0.706. The number of aromatic amines is 1. The molecule has 18 nitrogen and oxygen atoms in total. The van der Waals surface area contributed by atoms with Crippen molar-refractivity contribution >= 4 is 84.5 Å². The van der Waals surface area contributed by atoms with Crippen molar-refractivity contribution in [1.29, 1.82) is 0 Å². The van der Waals surface area contributed by atoms with E-state index in [1.165, 1.54) is 17.9 Å². The molecule has 5 atom stereocenters. The minimum Gasteiger partial charge on any atom is -0.480 e. The number of sulfonamides is 1. The number of amides is 4. The van der Waals surface area contributed by atoms with Crippen molar-refractivity contribution in [3.8, 4) is 0 Å². The predicted molar refractivity (Wildman–Crippen MR) is 253 cm³/mol. The van der Waals surface area contributed by atoms with E-state index in [-0.39, 0.29) is 56.0 Å². The zero-order valence-corrected chi connectivity index (χ0v) is 38.4. The summed E-state index contributed by atoms with van der Waals surface area (Å²) in [6.45, 7) is 1.71. The van der Waals surface area contributed by atoms with Crippen molar-refractivity contribution < 1.29 is 37.5 Å². The van der Waals surface area contributed by atoms with Gasteiger partial charge in [0.2, 0.25) is 33.7 Å². The molecule has 1 saturated heterocycles. The van der Waals surface area contributed by atoms with Crippen LogP contribution in [0.3, 0.4) is 0 Å². The summed E-state index contributed by atoms with van der Waals surface area (Å²) >= 11 is 6.14. The number of carbonyl (C=O) groups is 5. The molecular weight excluding hydrogens is 888 g/mol. The van der Waals surface area contributed by atoms with Gasteiger partial charge in [0.25, 0.3) is 0 Å². The smallest absolute Gasteiger partial charge is 0.326 e. The zero-order chi connectivity index (χ0) is 47.7. The molecule has 350 valence electrons. The third-order valence-electron chi connectivity index (χ3n) is 11.5. The van der Waals surface area contributed by atoms with E-state index in [1.807, 2.05) is 49.3 Å². The van der Waals surface area contributed by atoms with Crippen LogP contribution in [-0.2, 0) is 46.8 Å². The molecule has 6 rings (SSSR count). The number of H-pyrrole nitrogens is 1. The first-order valence-electron chi connectivity index (χ1n) is 21.4. The number of halogens is 1. The molecule has 0 radical (unpaired) electrons. The average Bonchev–Trinajstić information content (AvgIpc) is 3.94. The number of aromatic nitrogens is 1. The predicted octanol–water partition coefficient (Wildman–Crippen LogP) is 2.78. The van der Waals surface area contributed by atoms with Gasteiger partial charge >= 0.3 is 5.97 Å². The maximum atomic E-state index is 14.4. The number of fused-ring (bicyclic) bond motifs is 2. The number of hydrogen-bond acceptors (Lipinski definition) is 9. The van der Waals surface area contributed by atoms with Gasteiger partial charge in [-0.15, -0.1) is 0 Å². The van der Waals surface area contributed by atoms with E-state index in [0.717, 1.165) is 16.6 Å². The lowest BCUT2D eigenvalue weighted by atomic mass is 10.0. The Morgan fingerprint density at radius 3 is 2.26 bits per heavy atom. The normalized spacial score (nSPS) is 15.6. The van der Waals surface area contributed by atoms with Gasteiger partial charge in [0.15, 0.2) is 5.96 Å². The highest BCUT2D eigenvalue weighted by molar-refractivity contribution is 7.89. The summed E-state index contributed by atoms with van der Waals surface area (Å²) < 4.78 is 31.1. The second-order valence-corrected chi connectivity index (χ2v) is 18.5. The van der Waals surface area contributed by atoms with Crippen LogP contribution in [0.4, 0.5) is 5.69 Å². The van der Waals surface area contributed by atoms with E-state index in [1.54, 1.807) is 54.7 Å². The van der Waals surface area contributed by atoms with Crippen LogP contribution in [0.5, 0.6) is 0 Å². The highest BCUT2D eigenvalue weighted by atomic mass is 35.5. The number of rotatable bonds is 20. The molecule has 2 heterocycles. The van der Waals surface area contributed by atoms with Crippen LogP contribution in [0, 0.1) is 0 Å². The lowest BCUT2D eigenvalue weighted by Gasteiger charge is -2.29. The monoisotopic (exact) mass is 942 g/mol. The Morgan fingerprint density at radius 1 is 0.864 bits per heavy atom. The lowest BCUT2D eigenvalue weighted by Crippen LogP contribution is -2.58. The number of aliphatic carboxylic acids is 1. The summed E-state index contributed by atoms with van der Waals surface area (Å²) in [6.07, 6.45) is 2.47. The van der Waals surface area contributed by atoms with Crippen LogP contribution in [0.15, 0.2) is 101 Å². The number of carboxylic acid groups (broad SMARTS) is 1. The maximum Gasteiger partial charge on any atom is 0.326 e. The molecule has 4 amide bonds. The van der Waals surface area contributed by atoms with Crippen molar-refractivity contribution in [2.24, 2.45) is 16.5 Å². The average molecular weight is 944 g/mol. The van der Waals surface area contributed by atoms with Crippen LogP contribution in [0.2, 0.25) is 5.02 Å². The molecule has 0 bridgehead atoms. The molecule has 1 fully saturated rings. The SMILES string of the molecule is C[C@H](NC(=O)[C@H](CCCN=C(N)N)NC(=O)[C@@H](Cc1ccc(Cl)cc1)NS(=O)(=O)c1cccc2c(N(C)C)cccc12)C(=O)N1CCC[C@H]1C(=O)N[C@@H](Cc1c[nH]c2ccccc12)C(=O)O. The van der Waals surface area contributed by atoms with Crippen molar-refractivity contribution in [3.05, 3.63) is 107 Å². The molecule has 5 aromatic rings. The number of nitrogens with two attached hydrogens (primary N) is 2. The molecule has 66 heavy (non-hydrogen) atoms. The number of carbonyl (C=O) groups excluding carboxylic acids is 4. The number of likely N-dealkylation sites (tertiary alicyclic amines) is 1. The number of hydrogen-bond donors (Lipinski definition) is 8. The zero-order valence-electron chi connectivity index (χ0n) is 36.8. The van der Waals surface area contributed by atoms with Gasteiger partial charge < -0.3 is 47.3 Å². The Kier molecular flexibility index (Phi) is 15.9. The molecule has 0 spiro atoms. The number of nitrogens with zero attached hydrogens (tertiary/aromatic N) is 3. The van der Waals surface area contributed by atoms with Crippen LogP contribution >= 0.6 is 11.6 Å². The number of benzene rings is 4. The molecule has 1 aliphatic rings. The number of carboxylic acids is 1. The third-order valence-corrected chi connectivity index (χ3v) is 13.2. The summed E-state index contributed by atoms with van der Waals surface area (Å²) in [5.41, 5.74) is 13.9. The largest absolute Gasteiger partial charge is 0.480 e. The van der Waals surface area contributed by atoms with Crippen molar-refractivity contribution in [3.63, 3.8) is 0 Å². The first-order chi connectivity index (χ1) is 31.4. The Morgan fingerprint density at radius 2 is 1.55 bits per heavy atom. The van der Waals surface area contributed by atoms with Crippen molar-refractivity contribution in [2.75, 3.05) is 32.1 Å². The summed E-state index contributed by atoms with van der Waals surface area (Å²) in [6, 6.07) is 17.8. The summed E-state index contributed by atoms with van der Waals surface area (Å²) in [5, 5.41) is 20.4. The van der Waals surface area contributed by atoms with E-state index in [2.05, 4.69) is 30.6 Å². The fraction of sp³-hybridized carbons (Fsp3) is 0.348. The number of guanidine groups is 1. The molecule has 10 N–H and O–H groups in total. The van der Waals surface area contributed by atoms with E-state index in [0.29, 0.717) is 33.3 Å². The molecule has 20 heteroatoms. The van der Waals surface area contributed by atoms with Crippen LogP contribution < -0.4 is 37.0 Å². The lowest BCUT2D eigenvalue weighted by molar-refractivity contribution is -0.144. The number of anilines is 1. The molecule has 4 aromatic carbocycles. The molecule has 0 unspecified atom stereocenters. The van der Waals surface area contributed by atoms with Crippen LogP contribution in [-0.4, -0.2) is 116 Å².